The Morgan fingerprint density at radius 3 is 2.26 bits per heavy atom. The molecule has 0 atom stereocenters. The minimum absolute atomic E-state index is 0.0279. The summed E-state index contributed by atoms with van der Waals surface area (Å²) in [5, 5.41) is 13.7. The van der Waals surface area contributed by atoms with Crippen molar-refractivity contribution in [3.63, 3.8) is 0 Å². The topological polar surface area (TPSA) is 123 Å². The highest BCUT2D eigenvalue weighted by Crippen LogP contribution is 2.32. The lowest BCUT2D eigenvalue weighted by Gasteiger charge is -2.13. The summed E-state index contributed by atoms with van der Waals surface area (Å²) in [4.78, 5) is 24.6. The lowest BCUT2D eigenvalue weighted by atomic mass is 10.0. The fourth-order valence-corrected chi connectivity index (χ4v) is 4.61. The highest BCUT2D eigenvalue weighted by atomic mass is 32.2. The van der Waals surface area contributed by atoms with Crippen molar-refractivity contribution in [2.45, 2.75) is 11.8 Å². The van der Waals surface area contributed by atoms with E-state index in [1.54, 1.807) is 30.3 Å². The molecule has 0 aliphatic heterocycles. The second-order valence-electron chi connectivity index (χ2n) is 8.24. The zero-order valence-electron chi connectivity index (χ0n) is 20.5. The first-order valence-electron chi connectivity index (χ1n) is 11.4. The van der Waals surface area contributed by atoms with Crippen LogP contribution in [0.2, 0.25) is 0 Å². The fraction of sp³-hybridized carbons (Fsp3) is 0.0690. The minimum atomic E-state index is -4.20. The predicted molar refractivity (Wildman–Crippen MR) is 143 cm³/mol. The molecule has 190 valence electrons. The smallest absolute Gasteiger partial charge is 0.339 e. The number of esters is 1. The van der Waals surface area contributed by atoms with E-state index >= 15 is 0 Å². The van der Waals surface area contributed by atoms with Crippen molar-refractivity contribution >= 4 is 44.5 Å². The van der Waals surface area contributed by atoms with E-state index < -0.39 is 22.0 Å². The fourth-order valence-electron chi connectivity index (χ4n) is 3.67. The molecule has 0 fully saturated rings. The number of nitrogens with zero attached hydrogens (tertiary/aromatic N) is 1. The van der Waals surface area contributed by atoms with Crippen molar-refractivity contribution in [3.8, 4) is 11.8 Å². The minimum Gasteiger partial charge on any atom is -0.465 e. The summed E-state index contributed by atoms with van der Waals surface area (Å²) in [5.74, 6) is -1.28. The Morgan fingerprint density at radius 2 is 1.61 bits per heavy atom. The summed E-state index contributed by atoms with van der Waals surface area (Å²) in [6, 6.07) is 24.3. The second kappa shape index (κ2) is 11.0. The maximum Gasteiger partial charge on any atom is 0.339 e. The van der Waals surface area contributed by atoms with Gasteiger partial charge in [0, 0.05) is 11.3 Å². The van der Waals surface area contributed by atoms with Gasteiger partial charge >= 0.3 is 16.1 Å². The molecule has 0 radical (unpaired) electrons. The third-order valence-electron chi connectivity index (χ3n) is 5.66. The van der Waals surface area contributed by atoms with E-state index in [2.05, 4.69) is 10.1 Å². The summed E-state index contributed by atoms with van der Waals surface area (Å²) in [7, 11) is -2.93. The first-order chi connectivity index (χ1) is 18.2. The van der Waals surface area contributed by atoms with Gasteiger partial charge in [-0.3, -0.25) is 4.79 Å². The van der Waals surface area contributed by atoms with Gasteiger partial charge in [-0.05, 0) is 66.2 Å². The molecule has 9 heteroatoms. The van der Waals surface area contributed by atoms with Crippen LogP contribution in [0.5, 0.6) is 5.75 Å². The molecule has 4 aromatic carbocycles. The number of anilines is 1. The molecule has 8 nitrogen and oxygen atoms in total. The number of benzene rings is 4. The molecule has 0 saturated carbocycles. The van der Waals surface area contributed by atoms with Crippen molar-refractivity contribution in [3.05, 3.63) is 107 Å². The number of nitrogens with one attached hydrogen (secondary N) is 1. The first kappa shape index (κ1) is 26.1. The number of ether oxygens (including phenoxy) is 1. The van der Waals surface area contributed by atoms with E-state index in [4.69, 9.17) is 4.18 Å². The van der Waals surface area contributed by atoms with Gasteiger partial charge in [0.15, 0.2) is 5.75 Å². The Hall–Kier alpha value is -4.94. The zero-order chi connectivity index (χ0) is 27.3. The van der Waals surface area contributed by atoms with Crippen LogP contribution in [0.4, 0.5) is 5.69 Å². The number of hydrogen-bond donors (Lipinski definition) is 1. The van der Waals surface area contributed by atoms with Gasteiger partial charge < -0.3 is 14.2 Å². The summed E-state index contributed by atoms with van der Waals surface area (Å²) >= 11 is 0. The van der Waals surface area contributed by atoms with E-state index in [-0.39, 0.29) is 21.8 Å². The molecular weight excluding hydrogens is 504 g/mol. The van der Waals surface area contributed by atoms with Gasteiger partial charge in [-0.1, -0.05) is 48.0 Å². The highest BCUT2D eigenvalue weighted by Gasteiger charge is 2.20. The van der Waals surface area contributed by atoms with E-state index in [1.165, 1.54) is 55.7 Å². The average Bonchev–Trinajstić information content (AvgIpc) is 2.92. The van der Waals surface area contributed by atoms with Crippen LogP contribution in [0.3, 0.4) is 0 Å². The normalized spacial score (nSPS) is 11.4. The lowest BCUT2D eigenvalue weighted by molar-refractivity contribution is -0.112. The van der Waals surface area contributed by atoms with Gasteiger partial charge in [0.1, 0.15) is 16.5 Å². The molecule has 0 aliphatic carbocycles. The Kier molecular flexibility index (Phi) is 7.55. The van der Waals surface area contributed by atoms with Gasteiger partial charge in [-0.2, -0.15) is 13.7 Å². The second-order valence-corrected chi connectivity index (χ2v) is 9.79. The number of amides is 1. The zero-order valence-corrected chi connectivity index (χ0v) is 21.3. The molecule has 0 bridgehead atoms. The summed E-state index contributed by atoms with van der Waals surface area (Å²) in [6.45, 7) is 1.84. The van der Waals surface area contributed by atoms with Gasteiger partial charge in [0.05, 0.1) is 12.7 Å². The Labute approximate surface area is 219 Å². The van der Waals surface area contributed by atoms with E-state index in [0.717, 1.165) is 10.9 Å². The molecule has 4 rings (SSSR count). The van der Waals surface area contributed by atoms with Crippen LogP contribution >= 0.6 is 0 Å². The standard InChI is InChI=1S/C29H22N2O6S/c1-19-7-14-24(15-8-19)38(34,35)37-27-16-11-20-5-3-4-6-25(20)26(27)17-22(18-30)28(32)31-23-12-9-21(10-13-23)29(33)36-2/h3-17H,1-2H3,(H,31,32)/b22-17+. The van der Waals surface area contributed by atoms with Crippen LogP contribution in [0.1, 0.15) is 21.5 Å². The molecule has 4 aromatic rings. The molecule has 1 N–H and O–H groups in total. The molecule has 0 aliphatic rings. The van der Waals surface area contributed by atoms with E-state index in [9.17, 15) is 23.3 Å². The monoisotopic (exact) mass is 526 g/mol. The number of fused-ring (bicyclic) bond motifs is 1. The van der Waals surface area contributed by atoms with Crippen LogP contribution < -0.4 is 9.50 Å². The number of methoxy groups -OCH3 is 1. The number of rotatable bonds is 7. The third-order valence-corrected chi connectivity index (χ3v) is 6.91. The Balaban J connectivity index is 1.72. The number of carbonyl (C=O) groups excluding carboxylic acids is 2. The Morgan fingerprint density at radius 1 is 0.921 bits per heavy atom. The molecule has 0 spiro atoms. The number of nitriles is 1. The van der Waals surface area contributed by atoms with Gasteiger partial charge in [-0.15, -0.1) is 0 Å². The third kappa shape index (κ3) is 5.72. The van der Waals surface area contributed by atoms with Crippen molar-refractivity contribution in [1.29, 1.82) is 5.26 Å². The Bertz CT molecular complexity index is 1700. The average molecular weight is 527 g/mol. The molecule has 0 unspecified atom stereocenters. The number of carbonyl (C=O) groups is 2. The largest absolute Gasteiger partial charge is 0.465 e. The van der Waals surface area contributed by atoms with Crippen molar-refractivity contribution in [2.75, 3.05) is 12.4 Å². The van der Waals surface area contributed by atoms with Crippen LogP contribution in [0, 0.1) is 18.3 Å². The predicted octanol–water partition coefficient (Wildman–Crippen LogP) is 5.25. The maximum atomic E-state index is 13.0. The first-order valence-corrected chi connectivity index (χ1v) is 12.8. The molecule has 0 heterocycles. The maximum absolute atomic E-state index is 13.0. The number of hydrogen-bond acceptors (Lipinski definition) is 7. The summed E-state index contributed by atoms with van der Waals surface area (Å²) in [5.41, 5.74) is 1.51. The van der Waals surface area contributed by atoms with E-state index in [0.29, 0.717) is 16.6 Å². The van der Waals surface area contributed by atoms with Crippen LogP contribution in [0.25, 0.3) is 16.8 Å². The van der Waals surface area contributed by atoms with Crippen molar-refractivity contribution in [1.82, 2.24) is 0 Å². The quantitative estimate of drug-likeness (QED) is 0.151. The highest BCUT2D eigenvalue weighted by molar-refractivity contribution is 7.87. The molecule has 38 heavy (non-hydrogen) atoms. The molecule has 1 amide bonds. The van der Waals surface area contributed by atoms with Crippen LogP contribution in [0.15, 0.2) is 95.4 Å². The van der Waals surface area contributed by atoms with Crippen LogP contribution in [-0.2, 0) is 19.6 Å². The summed E-state index contributed by atoms with van der Waals surface area (Å²) in [6.07, 6.45) is 1.29. The van der Waals surface area contributed by atoms with Gasteiger partial charge in [0.2, 0.25) is 0 Å². The van der Waals surface area contributed by atoms with Crippen molar-refractivity contribution in [2.24, 2.45) is 0 Å². The van der Waals surface area contributed by atoms with Crippen molar-refractivity contribution < 1.29 is 26.9 Å². The molecule has 0 saturated heterocycles. The lowest BCUT2D eigenvalue weighted by Crippen LogP contribution is -2.14. The molecule has 0 aromatic heterocycles. The van der Waals surface area contributed by atoms with Gasteiger partial charge in [0.25, 0.3) is 5.91 Å². The number of aryl methyl sites for hydroxylation is 1. The summed E-state index contributed by atoms with van der Waals surface area (Å²) < 4.78 is 36.2. The molecular formula is C29H22N2O6S. The van der Waals surface area contributed by atoms with Crippen LogP contribution in [-0.4, -0.2) is 27.4 Å². The van der Waals surface area contributed by atoms with Gasteiger partial charge in [-0.25, -0.2) is 4.79 Å². The SMILES string of the molecule is COC(=O)c1ccc(NC(=O)/C(C#N)=C/c2c(OS(=O)(=O)c3ccc(C)cc3)ccc3ccccc23)cc1. The van der Waals surface area contributed by atoms with E-state index in [1.807, 2.05) is 25.1 Å².